The third-order valence-electron chi connectivity index (χ3n) is 3.74. The Morgan fingerprint density at radius 1 is 1.38 bits per heavy atom. The first-order valence-electron chi connectivity index (χ1n) is 7.67. The summed E-state index contributed by atoms with van der Waals surface area (Å²) in [5.41, 5.74) is 3.48. The van der Waals surface area contributed by atoms with Gasteiger partial charge < -0.3 is 15.2 Å². The van der Waals surface area contributed by atoms with E-state index in [0.717, 1.165) is 22.6 Å². The molecular formula is C17H22ClN3O3. The molecule has 2 aromatic rings. The number of aliphatic hydroxyl groups excluding tert-OH is 1. The van der Waals surface area contributed by atoms with Gasteiger partial charge in [-0.05, 0) is 38.1 Å². The number of aryl methyl sites for hydroxylation is 1. The number of nitrogens with zero attached hydrogens (tertiary/aromatic N) is 2. The van der Waals surface area contributed by atoms with E-state index in [1.54, 1.807) is 16.8 Å². The number of amides is 1. The molecule has 0 unspecified atom stereocenters. The van der Waals surface area contributed by atoms with Gasteiger partial charge in [-0.2, -0.15) is 5.10 Å². The molecule has 24 heavy (non-hydrogen) atoms. The molecule has 0 bridgehead atoms. The lowest BCUT2D eigenvalue weighted by Gasteiger charge is -2.11. The quantitative estimate of drug-likeness (QED) is 0.797. The van der Waals surface area contributed by atoms with Crippen molar-refractivity contribution in [3.63, 3.8) is 0 Å². The van der Waals surface area contributed by atoms with Gasteiger partial charge in [-0.1, -0.05) is 11.6 Å². The van der Waals surface area contributed by atoms with Crippen LogP contribution in [0.3, 0.4) is 0 Å². The zero-order valence-corrected chi connectivity index (χ0v) is 14.8. The molecule has 0 aliphatic carbocycles. The number of aliphatic hydroxyl groups is 1. The summed E-state index contributed by atoms with van der Waals surface area (Å²) in [7, 11) is 1.50. The van der Waals surface area contributed by atoms with Crippen LogP contribution < -0.4 is 5.32 Å². The number of benzene rings is 1. The average Bonchev–Trinajstić information content (AvgIpc) is 2.82. The van der Waals surface area contributed by atoms with Crippen LogP contribution in [0.25, 0.3) is 5.69 Å². The Balaban J connectivity index is 2.08. The van der Waals surface area contributed by atoms with E-state index in [2.05, 4.69) is 10.4 Å². The summed E-state index contributed by atoms with van der Waals surface area (Å²) in [5.74, 6) is -0.160. The van der Waals surface area contributed by atoms with Crippen LogP contribution in [0.5, 0.6) is 0 Å². The van der Waals surface area contributed by atoms with E-state index in [9.17, 15) is 9.90 Å². The Kier molecular flexibility index (Phi) is 6.36. The minimum atomic E-state index is -0.710. The number of hydrogen-bond donors (Lipinski definition) is 2. The highest BCUT2D eigenvalue weighted by Crippen LogP contribution is 2.20. The molecule has 2 rings (SSSR count). The van der Waals surface area contributed by atoms with Crippen LogP contribution in [0.1, 0.15) is 17.0 Å². The van der Waals surface area contributed by atoms with E-state index in [0.29, 0.717) is 5.02 Å². The van der Waals surface area contributed by atoms with Gasteiger partial charge in [0.15, 0.2) is 0 Å². The molecule has 6 nitrogen and oxygen atoms in total. The second-order valence-electron chi connectivity index (χ2n) is 5.63. The van der Waals surface area contributed by atoms with E-state index >= 15 is 0 Å². The molecule has 130 valence electrons. The van der Waals surface area contributed by atoms with E-state index in [4.69, 9.17) is 16.3 Å². The van der Waals surface area contributed by atoms with Crippen molar-refractivity contribution < 1.29 is 14.6 Å². The van der Waals surface area contributed by atoms with E-state index in [-0.39, 0.29) is 25.5 Å². The molecule has 1 heterocycles. The van der Waals surface area contributed by atoms with Crippen LogP contribution >= 0.6 is 11.6 Å². The normalized spacial score (nSPS) is 12.2. The molecule has 1 atom stereocenters. The third kappa shape index (κ3) is 4.56. The number of halogens is 1. The first-order valence-corrected chi connectivity index (χ1v) is 8.05. The van der Waals surface area contributed by atoms with Gasteiger partial charge in [0.1, 0.15) is 0 Å². The van der Waals surface area contributed by atoms with Crippen LogP contribution in [0.4, 0.5) is 0 Å². The number of hydrogen-bond acceptors (Lipinski definition) is 4. The molecule has 7 heteroatoms. The molecule has 1 aromatic carbocycles. The van der Waals surface area contributed by atoms with Crippen molar-refractivity contribution in [2.24, 2.45) is 0 Å². The number of nitrogens with one attached hydrogen (secondary N) is 1. The maximum Gasteiger partial charge on any atom is 0.224 e. The summed E-state index contributed by atoms with van der Waals surface area (Å²) in [6.07, 6.45) is -0.497. The van der Waals surface area contributed by atoms with Crippen LogP contribution in [0, 0.1) is 13.8 Å². The first kappa shape index (κ1) is 18.4. The monoisotopic (exact) mass is 351 g/mol. The molecule has 0 saturated carbocycles. The topological polar surface area (TPSA) is 76.4 Å². The molecule has 0 saturated heterocycles. The Labute approximate surface area is 146 Å². The molecule has 0 spiro atoms. The summed E-state index contributed by atoms with van der Waals surface area (Å²) in [4.78, 5) is 12.1. The lowest BCUT2D eigenvalue weighted by atomic mass is 10.1. The number of rotatable bonds is 7. The lowest BCUT2D eigenvalue weighted by molar-refractivity contribution is -0.121. The predicted octanol–water partition coefficient (Wildman–Crippen LogP) is 1.81. The van der Waals surface area contributed by atoms with Crippen LogP contribution in [-0.4, -0.2) is 47.2 Å². The summed E-state index contributed by atoms with van der Waals surface area (Å²) >= 11 is 5.92. The van der Waals surface area contributed by atoms with Crippen molar-refractivity contribution in [1.82, 2.24) is 15.1 Å². The number of carbonyl (C=O) groups excluding carboxylic acids is 1. The van der Waals surface area contributed by atoms with Crippen molar-refractivity contribution in [3.8, 4) is 5.69 Å². The van der Waals surface area contributed by atoms with Crippen molar-refractivity contribution in [1.29, 1.82) is 0 Å². The molecule has 0 aliphatic rings. The van der Waals surface area contributed by atoms with Crippen molar-refractivity contribution in [2.75, 3.05) is 20.3 Å². The predicted molar refractivity (Wildman–Crippen MR) is 92.6 cm³/mol. The highest BCUT2D eigenvalue weighted by molar-refractivity contribution is 6.30. The fourth-order valence-corrected chi connectivity index (χ4v) is 2.60. The van der Waals surface area contributed by atoms with Gasteiger partial charge >= 0.3 is 0 Å². The highest BCUT2D eigenvalue weighted by Gasteiger charge is 2.16. The average molecular weight is 352 g/mol. The molecule has 0 aliphatic heterocycles. The molecule has 2 N–H and O–H groups in total. The van der Waals surface area contributed by atoms with Crippen molar-refractivity contribution in [3.05, 3.63) is 46.2 Å². The van der Waals surface area contributed by atoms with Crippen LogP contribution in [0.15, 0.2) is 24.3 Å². The molecule has 1 aromatic heterocycles. The number of ether oxygens (including phenoxy) is 1. The molecule has 0 fully saturated rings. The van der Waals surface area contributed by atoms with Gasteiger partial charge in [0, 0.05) is 29.9 Å². The Morgan fingerprint density at radius 3 is 2.67 bits per heavy atom. The van der Waals surface area contributed by atoms with Crippen molar-refractivity contribution in [2.45, 2.75) is 26.4 Å². The maximum atomic E-state index is 12.1. The van der Waals surface area contributed by atoms with Crippen molar-refractivity contribution >= 4 is 17.5 Å². The fourth-order valence-electron chi connectivity index (χ4n) is 2.47. The third-order valence-corrected chi connectivity index (χ3v) is 4.00. The zero-order chi connectivity index (χ0) is 17.7. The smallest absolute Gasteiger partial charge is 0.224 e. The standard InChI is InChI=1S/C17H22ClN3O3/c1-11-16(8-17(23)19-9-15(22)10-24-3)12(2)21(20-11)14-6-4-13(18)5-7-14/h4-7,15,22H,8-10H2,1-3H3,(H,19,23)/t15-/m1/s1. The SMILES string of the molecule is COC[C@H](O)CNC(=O)Cc1c(C)nn(-c2ccc(Cl)cc2)c1C. The van der Waals surface area contributed by atoms with E-state index < -0.39 is 6.10 Å². The second kappa shape index (κ2) is 8.28. The van der Waals surface area contributed by atoms with Gasteiger partial charge in [0.2, 0.25) is 5.91 Å². The fraction of sp³-hybridized carbons (Fsp3) is 0.412. The number of carbonyl (C=O) groups is 1. The summed E-state index contributed by atoms with van der Waals surface area (Å²) in [6.45, 7) is 4.15. The molecule has 0 radical (unpaired) electrons. The zero-order valence-electron chi connectivity index (χ0n) is 14.0. The van der Waals surface area contributed by atoms with Gasteiger partial charge in [-0.3, -0.25) is 4.79 Å². The van der Waals surface area contributed by atoms with Crippen LogP contribution in [-0.2, 0) is 16.0 Å². The van der Waals surface area contributed by atoms with E-state index in [1.807, 2.05) is 26.0 Å². The summed E-state index contributed by atoms with van der Waals surface area (Å²) < 4.78 is 6.63. The second-order valence-corrected chi connectivity index (χ2v) is 6.06. The Bertz CT molecular complexity index is 698. The van der Waals surface area contributed by atoms with Gasteiger partial charge in [0.05, 0.1) is 30.5 Å². The summed E-state index contributed by atoms with van der Waals surface area (Å²) in [6, 6.07) is 7.37. The highest BCUT2D eigenvalue weighted by atomic mass is 35.5. The maximum absolute atomic E-state index is 12.1. The molecule has 1 amide bonds. The van der Waals surface area contributed by atoms with Gasteiger partial charge in [0.25, 0.3) is 0 Å². The Hall–Kier alpha value is -1.89. The Morgan fingerprint density at radius 2 is 2.04 bits per heavy atom. The number of methoxy groups -OCH3 is 1. The lowest BCUT2D eigenvalue weighted by Crippen LogP contribution is -2.35. The van der Waals surface area contributed by atoms with Gasteiger partial charge in [-0.25, -0.2) is 4.68 Å². The minimum Gasteiger partial charge on any atom is -0.389 e. The minimum absolute atomic E-state index is 0.160. The summed E-state index contributed by atoms with van der Waals surface area (Å²) in [5, 5.41) is 17.5. The largest absolute Gasteiger partial charge is 0.389 e. The van der Waals surface area contributed by atoms with Gasteiger partial charge in [-0.15, -0.1) is 0 Å². The van der Waals surface area contributed by atoms with Crippen LogP contribution in [0.2, 0.25) is 5.02 Å². The first-order chi connectivity index (χ1) is 11.4. The molecular weight excluding hydrogens is 330 g/mol. The van der Waals surface area contributed by atoms with E-state index in [1.165, 1.54) is 7.11 Å². The number of aromatic nitrogens is 2.